The topological polar surface area (TPSA) is 9.23 Å². The van der Waals surface area contributed by atoms with Crippen molar-refractivity contribution in [2.24, 2.45) is 0 Å². The van der Waals surface area contributed by atoms with E-state index in [-0.39, 0.29) is 0 Å². The monoisotopic (exact) mass is 498 g/mol. The predicted octanol–water partition coefficient (Wildman–Crippen LogP) is 9.57. The third-order valence-electron chi connectivity index (χ3n) is 5.17. The average molecular weight is 499 g/mol. The predicted molar refractivity (Wildman–Crippen MR) is 133 cm³/mol. The molecule has 166 valence electrons. The van der Waals surface area contributed by atoms with E-state index >= 15 is 0 Å². The van der Waals surface area contributed by atoms with E-state index in [2.05, 4.69) is 36.4 Å². The normalized spacial score (nSPS) is 11.6. The van der Waals surface area contributed by atoms with Gasteiger partial charge in [-0.3, -0.25) is 0 Å². The van der Waals surface area contributed by atoms with Gasteiger partial charge in [-0.05, 0) is 83.9 Å². The zero-order valence-corrected chi connectivity index (χ0v) is 19.8. The van der Waals surface area contributed by atoms with Crippen molar-refractivity contribution in [3.8, 4) is 46.1 Å². The Kier molecular flexibility index (Phi) is 5.86. The van der Waals surface area contributed by atoms with Crippen LogP contribution in [0.25, 0.3) is 40.4 Å². The van der Waals surface area contributed by atoms with Gasteiger partial charge < -0.3 is 4.74 Å². The highest BCUT2D eigenvalue weighted by molar-refractivity contribution is 7.27. The second-order valence-electron chi connectivity index (χ2n) is 7.30. The number of hydrogen-bond acceptors (Lipinski definition) is 4. The van der Waals surface area contributed by atoms with E-state index in [1.54, 1.807) is 41.1 Å². The number of alkyl halides is 3. The molecule has 0 aliphatic carbocycles. The highest BCUT2D eigenvalue weighted by Crippen LogP contribution is 2.43. The fourth-order valence-electron chi connectivity index (χ4n) is 3.43. The van der Waals surface area contributed by atoms with Crippen molar-refractivity contribution in [2.75, 3.05) is 7.11 Å². The maximum atomic E-state index is 12.8. The Morgan fingerprint density at radius 3 is 1.27 bits per heavy atom. The number of halogens is 3. The van der Waals surface area contributed by atoms with Gasteiger partial charge in [-0.15, -0.1) is 34.0 Å². The quantitative estimate of drug-likeness (QED) is 0.234. The molecule has 0 bridgehead atoms. The summed E-state index contributed by atoms with van der Waals surface area (Å²) in [5.41, 5.74) is 1.32. The number of thiophene rings is 3. The van der Waals surface area contributed by atoms with Crippen LogP contribution in [0, 0.1) is 0 Å². The SMILES string of the molecule is COc1ccc(-c2ccc(-c3ccc(-c4ccc(-c5ccc(C(F)(F)F)cc5)s4)s3)s2)cc1. The van der Waals surface area contributed by atoms with Crippen molar-refractivity contribution >= 4 is 34.0 Å². The molecule has 0 N–H and O–H groups in total. The fraction of sp³-hybridized carbons (Fsp3) is 0.0769. The summed E-state index contributed by atoms with van der Waals surface area (Å²) in [6.07, 6.45) is -4.32. The Morgan fingerprint density at radius 1 is 0.515 bits per heavy atom. The van der Waals surface area contributed by atoms with Crippen LogP contribution in [0.2, 0.25) is 0 Å². The van der Waals surface area contributed by atoms with Gasteiger partial charge >= 0.3 is 6.18 Å². The van der Waals surface area contributed by atoms with Crippen LogP contribution in [0.4, 0.5) is 13.2 Å². The van der Waals surface area contributed by atoms with Gasteiger partial charge in [0.1, 0.15) is 5.75 Å². The van der Waals surface area contributed by atoms with Gasteiger partial charge in [-0.1, -0.05) is 12.1 Å². The summed E-state index contributed by atoms with van der Waals surface area (Å²) in [4.78, 5) is 6.80. The Hall–Kier alpha value is -2.87. The van der Waals surface area contributed by atoms with Gasteiger partial charge in [-0.2, -0.15) is 13.2 Å². The van der Waals surface area contributed by atoms with Crippen LogP contribution in [0.1, 0.15) is 5.56 Å². The second-order valence-corrected chi connectivity index (χ2v) is 10.5. The molecule has 0 atom stereocenters. The minimum atomic E-state index is -4.32. The largest absolute Gasteiger partial charge is 0.497 e. The molecule has 0 saturated carbocycles. The van der Waals surface area contributed by atoms with Crippen LogP contribution in [0.5, 0.6) is 5.75 Å². The van der Waals surface area contributed by atoms with E-state index in [4.69, 9.17) is 4.74 Å². The van der Waals surface area contributed by atoms with Gasteiger partial charge in [0.25, 0.3) is 0 Å². The highest BCUT2D eigenvalue weighted by Gasteiger charge is 2.30. The zero-order chi connectivity index (χ0) is 23.0. The maximum absolute atomic E-state index is 12.8. The molecule has 0 aliphatic rings. The minimum absolute atomic E-state index is 0.629. The first-order valence-electron chi connectivity index (χ1n) is 10.0. The van der Waals surface area contributed by atoms with Gasteiger partial charge in [0, 0.05) is 29.3 Å². The molecule has 1 nitrogen and oxygen atoms in total. The summed E-state index contributed by atoms with van der Waals surface area (Å²) in [5.74, 6) is 0.838. The van der Waals surface area contributed by atoms with Crippen LogP contribution in [-0.2, 0) is 6.18 Å². The van der Waals surface area contributed by atoms with Crippen molar-refractivity contribution in [1.82, 2.24) is 0 Å². The molecule has 3 aromatic heterocycles. The number of benzene rings is 2. The molecule has 5 rings (SSSR count). The number of rotatable bonds is 5. The molecule has 0 radical (unpaired) electrons. The first-order valence-corrected chi connectivity index (χ1v) is 12.5. The van der Waals surface area contributed by atoms with Gasteiger partial charge in [0.05, 0.1) is 12.7 Å². The molecule has 33 heavy (non-hydrogen) atoms. The number of ether oxygens (including phenoxy) is 1. The van der Waals surface area contributed by atoms with Crippen LogP contribution in [0.15, 0.2) is 84.9 Å². The van der Waals surface area contributed by atoms with Crippen molar-refractivity contribution in [1.29, 1.82) is 0 Å². The lowest BCUT2D eigenvalue weighted by molar-refractivity contribution is -0.137. The standard InChI is InChI=1S/C26H17F3OS3/c1-30-19-8-4-17(5-9-19)21-11-13-23(32-21)25-15-14-24(33-25)22-12-10-20(31-22)16-2-6-18(7-3-16)26(27,28)29/h2-15H,1H3. The smallest absolute Gasteiger partial charge is 0.416 e. The van der Waals surface area contributed by atoms with Crippen LogP contribution >= 0.6 is 34.0 Å². The average Bonchev–Trinajstić information content (AvgIpc) is 3.59. The first-order chi connectivity index (χ1) is 15.9. The highest BCUT2D eigenvalue weighted by atomic mass is 32.1. The molecular formula is C26H17F3OS3. The lowest BCUT2D eigenvalue weighted by atomic mass is 10.1. The summed E-state index contributed by atoms with van der Waals surface area (Å²) >= 11 is 5.05. The molecule has 0 saturated heterocycles. The van der Waals surface area contributed by atoms with E-state index < -0.39 is 11.7 Å². The third kappa shape index (κ3) is 4.62. The zero-order valence-electron chi connectivity index (χ0n) is 17.3. The molecule has 2 aromatic carbocycles. The third-order valence-corrected chi connectivity index (χ3v) is 8.92. The van der Waals surface area contributed by atoms with E-state index in [0.29, 0.717) is 0 Å². The molecule has 7 heteroatoms. The Labute approximate surface area is 201 Å². The van der Waals surface area contributed by atoms with Gasteiger partial charge in [0.2, 0.25) is 0 Å². The molecule has 0 spiro atoms. The van der Waals surface area contributed by atoms with Crippen molar-refractivity contribution < 1.29 is 17.9 Å². The van der Waals surface area contributed by atoms with Gasteiger partial charge in [0.15, 0.2) is 0 Å². The van der Waals surface area contributed by atoms with Crippen LogP contribution < -0.4 is 4.74 Å². The van der Waals surface area contributed by atoms with E-state index in [9.17, 15) is 13.2 Å². The summed E-state index contributed by atoms with van der Waals surface area (Å²) in [5, 5.41) is 0. The lowest BCUT2D eigenvalue weighted by Gasteiger charge is -2.06. The second kappa shape index (κ2) is 8.82. The number of hydrogen-bond donors (Lipinski definition) is 0. The Morgan fingerprint density at radius 2 is 0.879 bits per heavy atom. The number of methoxy groups -OCH3 is 1. The van der Waals surface area contributed by atoms with Crippen LogP contribution in [-0.4, -0.2) is 7.11 Å². The summed E-state index contributed by atoms with van der Waals surface area (Å²) < 4.78 is 43.7. The summed E-state index contributed by atoms with van der Waals surface area (Å²) in [6.45, 7) is 0. The van der Waals surface area contributed by atoms with Crippen LogP contribution in [0.3, 0.4) is 0 Å². The van der Waals surface area contributed by atoms with Crippen molar-refractivity contribution in [3.63, 3.8) is 0 Å². The molecule has 0 fully saturated rings. The van der Waals surface area contributed by atoms with E-state index in [1.165, 1.54) is 26.8 Å². The van der Waals surface area contributed by atoms with Crippen molar-refractivity contribution in [3.05, 3.63) is 90.5 Å². The summed E-state index contributed by atoms with van der Waals surface area (Å²) in [6, 6.07) is 25.9. The molecular weight excluding hydrogens is 481 g/mol. The van der Waals surface area contributed by atoms with E-state index in [1.807, 2.05) is 24.3 Å². The van der Waals surface area contributed by atoms with E-state index in [0.717, 1.165) is 43.6 Å². The fourth-order valence-corrected chi connectivity index (χ4v) is 6.64. The Bertz CT molecular complexity index is 1370. The molecule has 0 unspecified atom stereocenters. The summed E-state index contributed by atoms with van der Waals surface area (Å²) in [7, 11) is 1.66. The molecule has 0 amide bonds. The minimum Gasteiger partial charge on any atom is -0.497 e. The lowest BCUT2D eigenvalue weighted by Crippen LogP contribution is -2.03. The van der Waals surface area contributed by atoms with Crippen molar-refractivity contribution in [2.45, 2.75) is 6.18 Å². The molecule has 0 aliphatic heterocycles. The molecule has 3 heterocycles. The molecule has 5 aromatic rings. The first kappa shape index (κ1) is 21.9. The Balaban J connectivity index is 1.35. The van der Waals surface area contributed by atoms with Gasteiger partial charge in [-0.25, -0.2) is 0 Å². The maximum Gasteiger partial charge on any atom is 0.416 e.